The first-order valence-electron chi connectivity index (χ1n) is 3.42. The molecule has 0 aromatic carbocycles. The Morgan fingerprint density at radius 2 is 2.20 bits per heavy atom. The van der Waals surface area contributed by atoms with Crippen LogP contribution in [0.15, 0.2) is 0 Å². The van der Waals surface area contributed by atoms with Crippen molar-refractivity contribution in [1.29, 1.82) is 0 Å². The highest BCUT2D eigenvalue weighted by atomic mass is 16.5. The molecule has 0 rings (SSSR count). The zero-order valence-corrected chi connectivity index (χ0v) is 6.30. The lowest BCUT2D eigenvalue weighted by Gasteiger charge is -1.96. The number of aliphatic hydroxyl groups is 1. The van der Waals surface area contributed by atoms with Crippen molar-refractivity contribution in [3.8, 4) is 0 Å². The molecule has 0 aliphatic heterocycles. The van der Waals surface area contributed by atoms with E-state index in [0.717, 1.165) is 6.42 Å². The van der Waals surface area contributed by atoms with E-state index in [-0.39, 0.29) is 19.0 Å². The fourth-order valence-corrected chi connectivity index (χ4v) is 0.667. The summed E-state index contributed by atoms with van der Waals surface area (Å²) in [5, 5.41) is 8.37. The summed E-state index contributed by atoms with van der Waals surface area (Å²) in [6.45, 7) is 0.367. The number of rotatable bonds is 6. The van der Waals surface area contributed by atoms with E-state index in [1.807, 2.05) is 0 Å². The molecular weight excluding hydrogens is 132 g/mol. The molecule has 0 bridgehead atoms. The van der Waals surface area contributed by atoms with Crippen LogP contribution in [0.25, 0.3) is 0 Å². The van der Waals surface area contributed by atoms with E-state index in [2.05, 4.69) is 4.74 Å². The summed E-state index contributed by atoms with van der Waals surface area (Å²) >= 11 is 0. The predicted octanol–water partition coefficient (Wildman–Crippen LogP) is 0.365. The molecule has 0 atom stereocenters. The lowest BCUT2D eigenvalue weighted by atomic mass is 10.2. The molecule has 0 radical (unpaired) electrons. The average molecular weight is 146 g/mol. The van der Waals surface area contributed by atoms with Gasteiger partial charge in [-0.3, -0.25) is 4.79 Å². The monoisotopic (exact) mass is 146 g/mol. The van der Waals surface area contributed by atoms with E-state index in [9.17, 15) is 4.79 Å². The first kappa shape index (κ1) is 9.59. The number of aliphatic hydroxyl groups excluding tert-OH is 1. The molecule has 0 saturated heterocycles. The first-order valence-corrected chi connectivity index (χ1v) is 3.42. The molecule has 0 saturated carbocycles. The normalized spacial score (nSPS) is 9.80. The number of Topliss-reactive ketones (excluding diaryl/α,β-unsaturated/α-hetero) is 1. The number of ether oxygens (including phenoxy) is 1. The Balaban J connectivity index is 3.05. The number of unbranched alkanes of at least 4 members (excludes halogenated alkanes) is 1. The molecule has 0 unspecified atom stereocenters. The van der Waals surface area contributed by atoms with Gasteiger partial charge in [0.2, 0.25) is 0 Å². The van der Waals surface area contributed by atoms with Gasteiger partial charge in [-0.1, -0.05) is 0 Å². The topological polar surface area (TPSA) is 46.5 Å². The van der Waals surface area contributed by atoms with Crippen molar-refractivity contribution in [2.75, 3.05) is 20.3 Å². The predicted molar refractivity (Wildman–Crippen MR) is 37.8 cm³/mol. The van der Waals surface area contributed by atoms with Crippen LogP contribution >= 0.6 is 0 Å². The van der Waals surface area contributed by atoms with Crippen molar-refractivity contribution in [3.05, 3.63) is 0 Å². The van der Waals surface area contributed by atoms with Crippen LogP contribution in [0, 0.1) is 0 Å². The van der Waals surface area contributed by atoms with E-state index >= 15 is 0 Å². The van der Waals surface area contributed by atoms with Gasteiger partial charge in [-0.15, -0.1) is 0 Å². The van der Waals surface area contributed by atoms with Gasteiger partial charge in [0.25, 0.3) is 0 Å². The highest BCUT2D eigenvalue weighted by Crippen LogP contribution is 1.95. The number of hydrogen-bond donors (Lipinski definition) is 1. The maximum atomic E-state index is 10.7. The van der Waals surface area contributed by atoms with Crippen molar-refractivity contribution in [1.82, 2.24) is 0 Å². The first-order chi connectivity index (χ1) is 4.81. The summed E-state index contributed by atoms with van der Waals surface area (Å²) < 4.78 is 4.62. The number of ketones is 1. The van der Waals surface area contributed by atoms with E-state index in [0.29, 0.717) is 12.8 Å². The Morgan fingerprint density at radius 1 is 1.50 bits per heavy atom. The maximum absolute atomic E-state index is 10.7. The van der Waals surface area contributed by atoms with Crippen molar-refractivity contribution < 1.29 is 14.6 Å². The fourth-order valence-electron chi connectivity index (χ4n) is 0.667. The third-order valence-electron chi connectivity index (χ3n) is 1.17. The molecule has 10 heavy (non-hydrogen) atoms. The standard InChI is InChI=1S/C7H14O3/c1-10-6-7(9)4-2-3-5-8/h8H,2-6H2,1H3. The van der Waals surface area contributed by atoms with Gasteiger partial charge >= 0.3 is 0 Å². The quantitative estimate of drug-likeness (QED) is 0.550. The minimum absolute atomic E-state index is 0.107. The van der Waals surface area contributed by atoms with Crippen molar-refractivity contribution in [2.24, 2.45) is 0 Å². The molecule has 60 valence electrons. The van der Waals surface area contributed by atoms with Gasteiger partial charge in [0, 0.05) is 20.1 Å². The van der Waals surface area contributed by atoms with Gasteiger partial charge in [-0.25, -0.2) is 0 Å². The smallest absolute Gasteiger partial charge is 0.158 e. The van der Waals surface area contributed by atoms with Gasteiger partial charge in [0.15, 0.2) is 5.78 Å². The molecule has 0 amide bonds. The number of methoxy groups -OCH3 is 1. The van der Waals surface area contributed by atoms with Gasteiger partial charge in [-0.2, -0.15) is 0 Å². The molecule has 0 spiro atoms. The second-order valence-electron chi connectivity index (χ2n) is 2.15. The number of hydrogen-bond acceptors (Lipinski definition) is 3. The van der Waals surface area contributed by atoms with Crippen LogP contribution in [0.3, 0.4) is 0 Å². The van der Waals surface area contributed by atoms with E-state index in [1.54, 1.807) is 0 Å². The zero-order valence-electron chi connectivity index (χ0n) is 6.30. The molecule has 3 nitrogen and oxygen atoms in total. The van der Waals surface area contributed by atoms with Gasteiger partial charge in [-0.05, 0) is 12.8 Å². The number of carbonyl (C=O) groups excluding carboxylic acids is 1. The SMILES string of the molecule is COCC(=O)CCCCO. The summed E-state index contributed by atoms with van der Waals surface area (Å²) in [6, 6.07) is 0. The Labute approximate surface area is 61.0 Å². The molecule has 0 heterocycles. The van der Waals surface area contributed by atoms with Crippen LogP contribution < -0.4 is 0 Å². The second kappa shape index (κ2) is 6.71. The van der Waals surface area contributed by atoms with Crippen LogP contribution in [0.5, 0.6) is 0 Å². The van der Waals surface area contributed by atoms with Gasteiger partial charge in [0.05, 0.1) is 0 Å². The van der Waals surface area contributed by atoms with Crippen LogP contribution in [0.1, 0.15) is 19.3 Å². The second-order valence-corrected chi connectivity index (χ2v) is 2.15. The number of carbonyl (C=O) groups is 1. The average Bonchev–Trinajstić information content (AvgIpc) is 1.89. The van der Waals surface area contributed by atoms with Crippen molar-refractivity contribution >= 4 is 5.78 Å². The van der Waals surface area contributed by atoms with Crippen molar-refractivity contribution in [3.63, 3.8) is 0 Å². The van der Waals surface area contributed by atoms with E-state index in [4.69, 9.17) is 5.11 Å². The van der Waals surface area contributed by atoms with Gasteiger partial charge < -0.3 is 9.84 Å². The maximum Gasteiger partial charge on any atom is 0.158 e. The third kappa shape index (κ3) is 5.72. The van der Waals surface area contributed by atoms with E-state index in [1.165, 1.54) is 7.11 Å². The molecule has 0 aliphatic rings. The fraction of sp³-hybridized carbons (Fsp3) is 0.857. The Hall–Kier alpha value is -0.410. The van der Waals surface area contributed by atoms with Crippen molar-refractivity contribution in [2.45, 2.75) is 19.3 Å². The summed E-state index contributed by atoms with van der Waals surface area (Å²) in [4.78, 5) is 10.7. The van der Waals surface area contributed by atoms with Crippen LogP contribution in [-0.4, -0.2) is 31.2 Å². The summed E-state index contributed by atoms with van der Waals surface area (Å²) in [7, 11) is 1.50. The Kier molecular flexibility index (Phi) is 6.43. The largest absolute Gasteiger partial charge is 0.396 e. The highest BCUT2D eigenvalue weighted by Gasteiger charge is 1.98. The lowest BCUT2D eigenvalue weighted by Crippen LogP contribution is -2.05. The Bertz CT molecular complexity index is 90.9. The molecule has 0 aliphatic carbocycles. The molecule has 0 aromatic heterocycles. The minimum Gasteiger partial charge on any atom is -0.396 e. The van der Waals surface area contributed by atoms with Gasteiger partial charge in [0.1, 0.15) is 6.61 Å². The zero-order chi connectivity index (χ0) is 7.82. The molecule has 0 fully saturated rings. The Morgan fingerprint density at radius 3 is 2.70 bits per heavy atom. The molecule has 3 heteroatoms. The van der Waals surface area contributed by atoms with Crippen LogP contribution in [0.4, 0.5) is 0 Å². The van der Waals surface area contributed by atoms with Crippen LogP contribution in [-0.2, 0) is 9.53 Å². The minimum atomic E-state index is 0.107. The summed E-state index contributed by atoms with van der Waals surface area (Å²) in [5.74, 6) is 0.107. The summed E-state index contributed by atoms with van der Waals surface area (Å²) in [5.41, 5.74) is 0. The molecule has 1 N–H and O–H groups in total. The molecular formula is C7H14O3. The van der Waals surface area contributed by atoms with E-state index < -0.39 is 0 Å². The summed E-state index contributed by atoms with van der Waals surface area (Å²) in [6.07, 6.45) is 1.99. The molecule has 0 aromatic rings. The highest BCUT2D eigenvalue weighted by molar-refractivity contribution is 5.79. The lowest BCUT2D eigenvalue weighted by molar-refractivity contribution is -0.122. The van der Waals surface area contributed by atoms with Crippen LogP contribution in [0.2, 0.25) is 0 Å². The third-order valence-corrected chi connectivity index (χ3v) is 1.17.